The molecule has 0 aliphatic carbocycles. The molecule has 0 atom stereocenters. The second-order valence-electron chi connectivity index (χ2n) is 4.36. The zero-order valence-electron chi connectivity index (χ0n) is 11.9. The SMILES string of the molecule is COc1ccc(N)cc1S(=O)(=O)NCCCCCSC. The molecule has 7 heteroatoms. The average Bonchev–Trinajstić information content (AvgIpc) is 2.42. The van der Waals surface area contributed by atoms with E-state index in [-0.39, 0.29) is 4.90 Å². The molecule has 3 N–H and O–H groups in total. The van der Waals surface area contributed by atoms with Gasteiger partial charge in [-0.3, -0.25) is 0 Å². The number of nitrogens with one attached hydrogen (secondary N) is 1. The van der Waals surface area contributed by atoms with E-state index in [1.165, 1.54) is 13.2 Å². The fourth-order valence-electron chi connectivity index (χ4n) is 1.74. The maximum atomic E-state index is 12.2. The van der Waals surface area contributed by atoms with Gasteiger partial charge in [0.2, 0.25) is 10.0 Å². The van der Waals surface area contributed by atoms with E-state index in [2.05, 4.69) is 11.0 Å². The van der Waals surface area contributed by atoms with Crippen molar-refractivity contribution in [2.24, 2.45) is 0 Å². The summed E-state index contributed by atoms with van der Waals surface area (Å²) >= 11 is 1.80. The lowest BCUT2D eigenvalue weighted by molar-refractivity contribution is 0.402. The van der Waals surface area contributed by atoms with Crippen molar-refractivity contribution in [1.29, 1.82) is 0 Å². The Morgan fingerprint density at radius 1 is 1.30 bits per heavy atom. The highest BCUT2D eigenvalue weighted by Crippen LogP contribution is 2.25. The molecule has 0 radical (unpaired) electrons. The number of benzene rings is 1. The van der Waals surface area contributed by atoms with E-state index in [0.29, 0.717) is 18.0 Å². The highest BCUT2D eigenvalue weighted by molar-refractivity contribution is 7.98. The molecule has 0 saturated heterocycles. The molecule has 0 saturated carbocycles. The van der Waals surface area contributed by atoms with Gasteiger partial charge in [-0.05, 0) is 43.0 Å². The summed E-state index contributed by atoms with van der Waals surface area (Å²) < 4.78 is 32.1. The summed E-state index contributed by atoms with van der Waals surface area (Å²) in [4.78, 5) is 0.0871. The maximum Gasteiger partial charge on any atom is 0.244 e. The van der Waals surface area contributed by atoms with Gasteiger partial charge in [-0.1, -0.05) is 6.42 Å². The van der Waals surface area contributed by atoms with E-state index < -0.39 is 10.0 Å². The topological polar surface area (TPSA) is 81.4 Å². The number of rotatable bonds is 9. The van der Waals surface area contributed by atoms with Crippen LogP contribution in [0.15, 0.2) is 23.1 Å². The second-order valence-corrected chi connectivity index (χ2v) is 7.08. The molecule has 114 valence electrons. The molecule has 5 nitrogen and oxygen atoms in total. The van der Waals surface area contributed by atoms with Crippen LogP contribution in [-0.4, -0.2) is 34.1 Å². The number of hydrogen-bond donors (Lipinski definition) is 2. The first-order valence-electron chi connectivity index (χ1n) is 6.43. The van der Waals surface area contributed by atoms with E-state index in [9.17, 15) is 8.42 Å². The number of ether oxygens (including phenoxy) is 1. The number of nitrogen functional groups attached to an aromatic ring is 1. The third kappa shape index (κ3) is 5.22. The summed E-state index contributed by atoms with van der Waals surface area (Å²) in [6.07, 6.45) is 5.00. The van der Waals surface area contributed by atoms with Crippen LogP contribution in [0, 0.1) is 0 Å². The van der Waals surface area contributed by atoms with Gasteiger partial charge in [0, 0.05) is 12.2 Å². The van der Waals surface area contributed by atoms with Crippen molar-refractivity contribution in [3.63, 3.8) is 0 Å². The molecule has 0 spiro atoms. The standard InChI is InChI=1S/C13H22N2O3S2/c1-18-12-7-6-11(14)10-13(12)20(16,17)15-8-4-3-5-9-19-2/h6-7,10,15H,3-5,8-9,14H2,1-2H3. The molecule has 0 bridgehead atoms. The highest BCUT2D eigenvalue weighted by Gasteiger charge is 2.19. The van der Waals surface area contributed by atoms with Crippen LogP contribution in [0.3, 0.4) is 0 Å². The predicted molar refractivity (Wildman–Crippen MR) is 84.8 cm³/mol. The van der Waals surface area contributed by atoms with Crippen LogP contribution in [0.1, 0.15) is 19.3 Å². The van der Waals surface area contributed by atoms with E-state index in [0.717, 1.165) is 25.0 Å². The molecule has 0 amide bonds. The minimum absolute atomic E-state index is 0.0871. The van der Waals surface area contributed by atoms with Gasteiger partial charge in [0.15, 0.2) is 0 Å². The molecule has 0 heterocycles. The van der Waals surface area contributed by atoms with Gasteiger partial charge in [-0.2, -0.15) is 11.8 Å². The number of hydrogen-bond acceptors (Lipinski definition) is 5. The minimum Gasteiger partial charge on any atom is -0.495 e. The monoisotopic (exact) mass is 318 g/mol. The molecule has 0 aliphatic heterocycles. The summed E-state index contributed by atoms with van der Waals surface area (Å²) in [5.74, 6) is 1.41. The summed E-state index contributed by atoms with van der Waals surface area (Å²) in [5.41, 5.74) is 6.03. The van der Waals surface area contributed by atoms with Crippen LogP contribution in [0.25, 0.3) is 0 Å². The second kappa shape index (κ2) is 8.39. The Morgan fingerprint density at radius 2 is 2.05 bits per heavy atom. The maximum absolute atomic E-state index is 12.2. The zero-order valence-corrected chi connectivity index (χ0v) is 13.5. The van der Waals surface area contributed by atoms with Gasteiger partial charge in [0.25, 0.3) is 0 Å². The van der Waals surface area contributed by atoms with Crippen LogP contribution in [0.2, 0.25) is 0 Å². The molecule has 1 aromatic rings. The van der Waals surface area contributed by atoms with Crippen molar-refractivity contribution >= 4 is 27.5 Å². The summed E-state index contributed by atoms with van der Waals surface area (Å²) in [7, 11) is -2.14. The van der Waals surface area contributed by atoms with E-state index in [4.69, 9.17) is 10.5 Å². The Kier molecular flexibility index (Phi) is 7.18. The largest absolute Gasteiger partial charge is 0.495 e. The number of nitrogens with two attached hydrogens (primary N) is 1. The van der Waals surface area contributed by atoms with Crippen LogP contribution in [0.5, 0.6) is 5.75 Å². The Balaban J connectivity index is 2.62. The number of sulfonamides is 1. The van der Waals surface area contributed by atoms with Crippen LogP contribution in [0.4, 0.5) is 5.69 Å². The first kappa shape index (κ1) is 17.1. The first-order chi connectivity index (χ1) is 9.51. The Bertz CT molecular complexity index is 518. The number of methoxy groups -OCH3 is 1. The third-order valence-corrected chi connectivity index (χ3v) is 4.97. The van der Waals surface area contributed by atoms with Crippen LogP contribution >= 0.6 is 11.8 Å². The average molecular weight is 318 g/mol. The Labute approximate surface area is 125 Å². The van der Waals surface area contributed by atoms with Crippen molar-refractivity contribution < 1.29 is 13.2 Å². The number of unbranched alkanes of at least 4 members (excludes halogenated alkanes) is 2. The minimum atomic E-state index is -3.58. The van der Waals surface area contributed by atoms with Gasteiger partial charge in [-0.25, -0.2) is 13.1 Å². The highest BCUT2D eigenvalue weighted by atomic mass is 32.2. The smallest absolute Gasteiger partial charge is 0.244 e. The molecule has 0 fully saturated rings. The molecule has 0 aliphatic rings. The van der Waals surface area contributed by atoms with Crippen molar-refractivity contribution in [3.05, 3.63) is 18.2 Å². The lowest BCUT2D eigenvalue weighted by Gasteiger charge is -2.11. The van der Waals surface area contributed by atoms with Crippen molar-refractivity contribution in [2.45, 2.75) is 24.2 Å². The van der Waals surface area contributed by atoms with E-state index in [1.807, 2.05) is 0 Å². The molecule has 1 rings (SSSR count). The fraction of sp³-hybridized carbons (Fsp3) is 0.538. The van der Waals surface area contributed by atoms with Crippen molar-refractivity contribution in [3.8, 4) is 5.75 Å². The predicted octanol–water partition coefficient (Wildman–Crippen LogP) is 2.09. The van der Waals surface area contributed by atoms with Gasteiger partial charge < -0.3 is 10.5 Å². The van der Waals surface area contributed by atoms with Crippen LogP contribution in [-0.2, 0) is 10.0 Å². The quantitative estimate of drug-likeness (QED) is 0.538. The third-order valence-electron chi connectivity index (χ3n) is 2.79. The Hall–Kier alpha value is -0.920. The number of thioether (sulfide) groups is 1. The van der Waals surface area contributed by atoms with E-state index >= 15 is 0 Å². The van der Waals surface area contributed by atoms with Gasteiger partial charge in [0.05, 0.1) is 7.11 Å². The van der Waals surface area contributed by atoms with Gasteiger partial charge >= 0.3 is 0 Å². The van der Waals surface area contributed by atoms with Crippen molar-refractivity contribution in [2.75, 3.05) is 31.4 Å². The summed E-state index contributed by atoms with van der Waals surface area (Å²) in [6, 6.07) is 4.58. The Morgan fingerprint density at radius 3 is 2.70 bits per heavy atom. The van der Waals surface area contributed by atoms with Gasteiger partial charge in [-0.15, -0.1) is 0 Å². The molecular formula is C13H22N2O3S2. The molecular weight excluding hydrogens is 296 g/mol. The first-order valence-corrected chi connectivity index (χ1v) is 9.31. The molecule has 0 aromatic heterocycles. The summed E-state index contributed by atoms with van der Waals surface area (Å²) in [5, 5.41) is 0. The zero-order chi connectivity index (χ0) is 15.0. The molecule has 20 heavy (non-hydrogen) atoms. The number of anilines is 1. The molecule has 1 aromatic carbocycles. The lowest BCUT2D eigenvalue weighted by Crippen LogP contribution is -2.25. The van der Waals surface area contributed by atoms with E-state index in [1.54, 1.807) is 23.9 Å². The summed E-state index contributed by atoms with van der Waals surface area (Å²) in [6.45, 7) is 0.425. The van der Waals surface area contributed by atoms with Crippen LogP contribution < -0.4 is 15.2 Å². The fourth-order valence-corrected chi connectivity index (χ4v) is 3.50. The normalized spacial score (nSPS) is 11.5. The van der Waals surface area contributed by atoms with Gasteiger partial charge in [0.1, 0.15) is 10.6 Å². The van der Waals surface area contributed by atoms with Crippen molar-refractivity contribution in [1.82, 2.24) is 4.72 Å². The molecule has 0 unspecified atom stereocenters. The lowest BCUT2D eigenvalue weighted by atomic mass is 10.2.